The molecule has 40 valence electrons. The first-order chi connectivity index (χ1) is 3.29. The Morgan fingerprint density at radius 2 is 2.29 bits per heavy atom. The Bertz CT molecular complexity index is 110. The van der Waals surface area contributed by atoms with Gasteiger partial charge in [-0.1, -0.05) is 0 Å². The first-order valence-corrected chi connectivity index (χ1v) is 1.87. The maximum absolute atomic E-state index is 10.1. The van der Waals surface area contributed by atoms with E-state index in [0.29, 0.717) is 0 Å². The molecule has 0 spiro atoms. The summed E-state index contributed by atoms with van der Waals surface area (Å²) in [5.41, 5.74) is 0. The van der Waals surface area contributed by atoms with Crippen LogP contribution in [0.2, 0.25) is 0 Å². The van der Waals surface area contributed by atoms with E-state index in [2.05, 4.69) is 5.32 Å². The molecule has 4 heteroatoms. The Hall–Kier alpha value is -1.06. The molecule has 2 N–H and O–H groups in total. The van der Waals surface area contributed by atoms with Crippen LogP contribution in [-0.2, 0) is 4.79 Å². The number of urea groups is 1. The molecule has 0 bridgehead atoms. The predicted octanol–water partition coefficient (Wildman–Crippen LogP) is -0.928. The summed E-state index contributed by atoms with van der Waals surface area (Å²) in [6, 6.07) is -0.398. The van der Waals surface area contributed by atoms with Gasteiger partial charge in [-0.15, -0.1) is 0 Å². The summed E-state index contributed by atoms with van der Waals surface area (Å²) in [6.45, 7) is 0.124. The second kappa shape index (κ2) is 1.22. The maximum Gasteiger partial charge on any atom is 0.321 e. The van der Waals surface area contributed by atoms with Gasteiger partial charge in [0.25, 0.3) is 0 Å². The van der Waals surface area contributed by atoms with Gasteiger partial charge in [0.05, 0.1) is 6.54 Å². The minimum atomic E-state index is -0.398. The van der Waals surface area contributed by atoms with Crippen LogP contribution in [0.15, 0.2) is 0 Å². The van der Waals surface area contributed by atoms with Gasteiger partial charge in [-0.3, -0.25) is 10.1 Å². The summed E-state index contributed by atoms with van der Waals surface area (Å²) in [7, 11) is 0. The molecular weight excluding hydrogens is 96.0 g/mol. The van der Waals surface area contributed by atoms with Gasteiger partial charge in [0.15, 0.2) is 0 Å². The molecule has 1 heterocycles. The minimum absolute atomic E-state index is 0. The van der Waals surface area contributed by atoms with Gasteiger partial charge in [0.2, 0.25) is 5.91 Å². The fourth-order valence-electron chi connectivity index (χ4n) is 0.376. The van der Waals surface area contributed by atoms with E-state index >= 15 is 0 Å². The van der Waals surface area contributed by atoms with Gasteiger partial charge < -0.3 is 5.32 Å². The zero-order chi connectivity index (χ0) is 5.28. The van der Waals surface area contributed by atoms with E-state index < -0.39 is 6.03 Å². The van der Waals surface area contributed by atoms with Crippen molar-refractivity contribution in [3.63, 3.8) is 0 Å². The normalized spacial score (nSPS) is 18.9. The molecule has 0 saturated carbocycles. The minimum Gasteiger partial charge on any atom is -0.329 e. The Morgan fingerprint density at radius 3 is 2.43 bits per heavy atom. The molecular formula is C3H6N2O2. The summed E-state index contributed by atoms with van der Waals surface area (Å²) in [5.74, 6) is -0.259. The summed E-state index contributed by atoms with van der Waals surface area (Å²) in [4.78, 5) is 20.1. The van der Waals surface area contributed by atoms with Crippen LogP contribution in [0.5, 0.6) is 0 Å². The number of carbonyl (C=O) groups is 2. The number of carbonyl (C=O) groups excluding carboxylic acids is 2. The summed E-state index contributed by atoms with van der Waals surface area (Å²) in [5, 5.41) is 4.30. The predicted molar refractivity (Wildman–Crippen MR) is 23.7 cm³/mol. The SMILES string of the molecule is O=C1CNC(=O)N1.[HH]. The monoisotopic (exact) mass is 102 g/mol. The Labute approximate surface area is 41.4 Å². The molecule has 1 saturated heterocycles. The van der Waals surface area contributed by atoms with Gasteiger partial charge >= 0.3 is 6.03 Å². The molecule has 7 heavy (non-hydrogen) atoms. The van der Waals surface area contributed by atoms with Crippen LogP contribution in [0.3, 0.4) is 0 Å². The van der Waals surface area contributed by atoms with Crippen molar-refractivity contribution in [2.45, 2.75) is 0 Å². The highest BCUT2D eigenvalue weighted by Crippen LogP contribution is 1.73. The molecule has 4 nitrogen and oxygen atoms in total. The summed E-state index contributed by atoms with van der Waals surface area (Å²) >= 11 is 0. The van der Waals surface area contributed by atoms with E-state index in [0.717, 1.165) is 0 Å². The Kier molecular flexibility index (Phi) is 0.714. The van der Waals surface area contributed by atoms with E-state index in [1.165, 1.54) is 0 Å². The Morgan fingerprint density at radius 1 is 1.57 bits per heavy atom. The van der Waals surface area contributed by atoms with E-state index in [-0.39, 0.29) is 13.9 Å². The van der Waals surface area contributed by atoms with Crippen molar-refractivity contribution in [1.29, 1.82) is 0 Å². The quantitative estimate of drug-likeness (QED) is 0.388. The zero-order valence-electron chi connectivity index (χ0n) is 3.52. The summed E-state index contributed by atoms with van der Waals surface area (Å²) in [6.07, 6.45) is 0. The van der Waals surface area contributed by atoms with Gasteiger partial charge in [-0.05, 0) is 0 Å². The zero-order valence-corrected chi connectivity index (χ0v) is 3.52. The molecule has 0 unspecified atom stereocenters. The standard InChI is InChI=1S/C3H4N2O2.H2/c6-2-1-4-3(7)5-2;/h1H2,(H2,4,5,6,7);1H. The van der Waals surface area contributed by atoms with Crippen LogP contribution in [0.25, 0.3) is 0 Å². The molecule has 0 aromatic heterocycles. The largest absolute Gasteiger partial charge is 0.329 e. The molecule has 1 fully saturated rings. The van der Waals surface area contributed by atoms with Crippen LogP contribution < -0.4 is 10.6 Å². The van der Waals surface area contributed by atoms with Crippen molar-refractivity contribution >= 4 is 11.9 Å². The van der Waals surface area contributed by atoms with Crippen LogP contribution >= 0.6 is 0 Å². The lowest BCUT2D eigenvalue weighted by Crippen LogP contribution is -2.22. The molecule has 0 radical (unpaired) electrons. The molecule has 1 aliphatic heterocycles. The van der Waals surface area contributed by atoms with Crippen molar-refractivity contribution in [1.82, 2.24) is 10.6 Å². The lowest BCUT2D eigenvalue weighted by molar-refractivity contribution is -0.117. The summed E-state index contributed by atoms with van der Waals surface area (Å²) < 4.78 is 0. The number of rotatable bonds is 0. The third-order valence-electron chi connectivity index (χ3n) is 0.662. The lowest BCUT2D eigenvalue weighted by atomic mass is 10.7. The first-order valence-electron chi connectivity index (χ1n) is 1.87. The van der Waals surface area contributed by atoms with Crippen molar-refractivity contribution in [2.24, 2.45) is 0 Å². The first kappa shape index (κ1) is 4.11. The average molecular weight is 102 g/mol. The third kappa shape index (κ3) is 0.677. The van der Waals surface area contributed by atoms with Gasteiger partial charge in [-0.25, -0.2) is 4.79 Å². The molecule has 3 amide bonds. The second-order valence-electron chi connectivity index (χ2n) is 1.23. The van der Waals surface area contributed by atoms with Gasteiger partial charge in [0, 0.05) is 1.43 Å². The number of hydrogen-bond donors (Lipinski definition) is 2. The molecule has 0 aromatic carbocycles. The van der Waals surface area contributed by atoms with Crippen molar-refractivity contribution < 1.29 is 11.0 Å². The van der Waals surface area contributed by atoms with Gasteiger partial charge in [-0.2, -0.15) is 0 Å². The number of hydrogen-bond acceptors (Lipinski definition) is 2. The molecule has 1 rings (SSSR count). The topological polar surface area (TPSA) is 58.2 Å². The molecule has 0 aliphatic carbocycles. The number of amides is 3. The molecule has 0 aromatic rings. The van der Waals surface area contributed by atoms with E-state index in [1.54, 1.807) is 0 Å². The second-order valence-corrected chi connectivity index (χ2v) is 1.23. The smallest absolute Gasteiger partial charge is 0.321 e. The van der Waals surface area contributed by atoms with Crippen molar-refractivity contribution in [3.05, 3.63) is 0 Å². The van der Waals surface area contributed by atoms with Crippen LogP contribution in [-0.4, -0.2) is 18.5 Å². The van der Waals surface area contributed by atoms with Crippen LogP contribution in [0.4, 0.5) is 4.79 Å². The highest BCUT2D eigenvalue weighted by atomic mass is 16.2. The van der Waals surface area contributed by atoms with E-state index in [4.69, 9.17) is 0 Å². The fraction of sp³-hybridized carbons (Fsp3) is 0.333. The lowest BCUT2D eigenvalue weighted by Gasteiger charge is -1.78. The third-order valence-corrected chi connectivity index (χ3v) is 0.662. The highest BCUT2D eigenvalue weighted by molar-refractivity contribution is 6.01. The maximum atomic E-state index is 10.1. The van der Waals surface area contributed by atoms with E-state index in [9.17, 15) is 9.59 Å². The van der Waals surface area contributed by atoms with E-state index in [1.807, 2.05) is 5.32 Å². The molecule has 0 atom stereocenters. The average Bonchev–Trinajstić information content (AvgIpc) is 1.87. The van der Waals surface area contributed by atoms with Crippen molar-refractivity contribution in [2.75, 3.05) is 6.54 Å². The van der Waals surface area contributed by atoms with Crippen LogP contribution in [0, 0.1) is 0 Å². The van der Waals surface area contributed by atoms with Gasteiger partial charge in [0.1, 0.15) is 0 Å². The van der Waals surface area contributed by atoms with Crippen LogP contribution in [0.1, 0.15) is 1.43 Å². The fourth-order valence-corrected chi connectivity index (χ4v) is 0.376. The van der Waals surface area contributed by atoms with Crippen molar-refractivity contribution in [3.8, 4) is 0 Å². The number of imide groups is 1. The number of nitrogens with one attached hydrogen (secondary N) is 2. The highest BCUT2D eigenvalue weighted by Gasteiger charge is 2.14. The molecule has 1 aliphatic rings. The Balaban J connectivity index is 0.000000490.